The molecule has 11 heteroatoms. The Bertz CT molecular complexity index is 1120. The average Bonchev–Trinajstić information content (AvgIpc) is 3.01. The van der Waals surface area contributed by atoms with Gasteiger partial charge in [-0.3, -0.25) is 25.1 Å². The molecule has 0 atom stereocenters. The summed E-state index contributed by atoms with van der Waals surface area (Å²) in [4.78, 5) is 47.5. The number of halogens is 1. The number of para-hydroxylation sites is 1. The van der Waals surface area contributed by atoms with Crippen LogP contribution in [-0.4, -0.2) is 35.4 Å². The van der Waals surface area contributed by atoms with Gasteiger partial charge in [0.25, 0.3) is 11.8 Å². The number of benzene rings is 2. The number of nitro groups is 1. The fourth-order valence-corrected chi connectivity index (χ4v) is 3.15. The van der Waals surface area contributed by atoms with Crippen LogP contribution in [0.5, 0.6) is 5.75 Å². The first-order chi connectivity index (χ1) is 15.2. The number of rotatable bonds is 7. The van der Waals surface area contributed by atoms with E-state index in [-0.39, 0.29) is 28.0 Å². The maximum atomic E-state index is 12.7. The molecule has 166 valence electrons. The van der Waals surface area contributed by atoms with E-state index in [2.05, 4.69) is 5.43 Å². The molecule has 3 rings (SSSR count). The highest BCUT2D eigenvalue weighted by Crippen LogP contribution is 2.37. The van der Waals surface area contributed by atoms with E-state index in [0.717, 1.165) is 11.1 Å². The summed E-state index contributed by atoms with van der Waals surface area (Å²) in [5.41, 5.74) is 2.26. The van der Waals surface area contributed by atoms with E-state index in [1.807, 2.05) is 0 Å². The summed E-state index contributed by atoms with van der Waals surface area (Å²) in [6.45, 7) is 2.72. The third kappa shape index (κ3) is 5.03. The fourth-order valence-electron chi connectivity index (χ4n) is 2.87. The zero-order valence-electron chi connectivity index (χ0n) is 17.0. The Morgan fingerprint density at radius 3 is 2.56 bits per heavy atom. The molecule has 1 N–H and O–H groups in total. The molecule has 0 aromatic heterocycles. The van der Waals surface area contributed by atoms with Crippen LogP contribution < -0.4 is 15.2 Å². The van der Waals surface area contributed by atoms with Gasteiger partial charge in [-0.25, -0.2) is 9.80 Å². The van der Waals surface area contributed by atoms with Gasteiger partial charge in [0, 0.05) is 6.07 Å². The van der Waals surface area contributed by atoms with Gasteiger partial charge in [-0.1, -0.05) is 29.8 Å². The molecule has 0 radical (unpaired) electrons. The van der Waals surface area contributed by atoms with Crippen LogP contribution in [0.4, 0.5) is 11.4 Å². The third-order valence-corrected chi connectivity index (χ3v) is 4.44. The predicted octanol–water partition coefficient (Wildman–Crippen LogP) is 3.04. The Morgan fingerprint density at radius 2 is 1.94 bits per heavy atom. The third-order valence-electron chi connectivity index (χ3n) is 4.16. The van der Waals surface area contributed by atoms with Crippen molar-refractivity contribution in [2.75, 3.05) is 11.6 Å². The highest BCUT2D eigenvalue weighted by atomic mass is 35.5. The van der Waals surface area contributed by atoms with Gasteiger partial charge in [-0.15, -0.1) is 0 Å². The summed E-state index contributed by atoms with van der Waals surface area (Å²) >= 11 is 6.14. The first-order valence-electron chi connectivity index (χ1n) is 9.39. The summed E-state index contributed by atoms with van der Waals surface area (Å²) in [7, 11) is 0. The molecule has 1 heterocycles. The standard InChI is InChI=1S/C21H18ClN3O7/c1-12(2)32-18(26)11-31-19-16(22)9-13(10-17(19)25(29)30)8-15-20(27)23-24(21(15)28)14-6-4-3-5-7-14/h3-10,12H,11H2,1-2H3,(H,23,27)/b15-8-. The van der Waals surface area contributed by atoms with E-state index in [1.54, 1.807) is 44.2 Å². The summed E-state index contributed by atoms with van der Waals surface area (Å²) < 4.78 is 10.1. The van der Waals surface area contributed by atoms with E-state index in [1.165, 1.54) is 12.1 Å². The molecule has 0 aliphatic carbocycles. The van der Waals surface area contributed by atoms with Crippen LogP contribution in [0.3, 0.4) is 0 Å². The maximum absolute atomic E-state index is 12.7. The Labute approximate surface area is 187 Å². The van der Waals surface area contributed by atoms with E-state index < -0.39 is 35.0 Å². The minimum Gasteiger partial charge on any atom is -0.474 e. The molecule has 1 aliphatic heterocycles. The number of ether oxygens (including phenoxy) is 2. The van der Waals surface area contributed by atoms with Gasteiger partial charge in [0.15, 0.2) is 6.61 Å². The summed E-state index contributed by atoms with van der Waals surface area (Å²) in [5.74, 6) is -2.34. The molecular formula is C21H18ClN3O7. The van der Waals surface area contributed by atoms with Gasteiger partial charge >= 0.3 is 11.7 Å². The van der Waals surface area contributed by atoms with Crippen LogP contribution in [0.1, 0.15) is 19.4 Å². The fraction of sp³-hybridized carbons (Fsp3) is 0.190. The lowest BCUT2D eigenvalue weighted by atomic mass is 10.1. The number of hydrogen-bond acceptors (Lipinski definition) is 7. The number of nitro benzene ring substituents is 1. The lowest BCUT2D eigenvalue weighted by Gasteiger charge is -2.13. The highest BCUT2D eigenvalue weighted by molar-refractivity contribution is 6.33. The molecule has 32 heavy (non-hydrogen) atoms. The minimum atomic E-state index is -0.746. The Kier molecular flexibility index (Phi) is 6.74. The van der Waals surface area contributed by atoms with Crippen molar-refractivity contribution in [2.24, 2.45) is 0 Å². The van der Waals surface area contributed by atoms with E-state index >= 15 is 0 Å². The normalized spacial score (nSPS) is 14.6. The molecular weight excluding hydrogens is 442 g/mol. The van der Waals surface area contributed by atoms with Crippen molar-refractivity contribution in [1.29, 1.82) is 0 Å². The molecule has 1 aliphatic rings. The topological polar surface area (TPSA) is 128 Å². The molecule has 2 aromatic rings. The second kappa shape index (κ2) is 9.48. The average molecular weight is 460 g/mol. The molecule has 0 spiro atoms. The van der Waals surface area contributed by atoms with Crippen molar-refractivity contribution in [3.05, 3.63) is 68.7 Å². The van der Waals surface area contributed by atoms with E-state index in [4.69, 9.17) is 21.1 Å². The predicted molar refractivity (Wildman–Crippen MR) is 115 cm³/mol. The summed E-state index contributed by atoms with van der Waals surface area (Å²) in [6.07, 6.45) is 0.812. The lowest BCUT2D eigenvalue weighted by Crippen LogP contribution is -2.35. The zero-order valence-corrected chi connectivity index (χ0v) is 17.8. The van der Waals surface area contributed by atoms with Crippen molar-refractivity contribution >= 4 is 46.8 Å². The first-order valence-corrected chi connectivity index (χ1v) is 9.77. The van der Waals surface area contributed by atoms with Crippen LogP contribution in [-0.2, 0) is 19.1 Å². The lowest BCUT2D eigenvalue weighted by molar-refractivity contribution is -0.385. The smallest absolute Gasteiger partial charge is 0.344 e. The number of carbonyl (C=O) groups excluding carboxylic acids is 3. The van der Waals surface area contributed by atoms with E-state index in [0.29, 0.717) is 5.69 Å². The zero-order chi connectivity index (χ0) is 23.4. The highest BCUT2D eigenvalue weighted by Gasteiger charge is 2.34. The van der Waals surface area contributed by atoms with Gasteiger partial charge in [-0.05, 0) is 43.7 Å². The number of nitrogens with one attached hydrogen (secondary N) is 1. The van der Waals surface area contributed by atoms with Crippen molar-refractivity contribution < 1.29 is 28.8 Å². The largest absolute Gasteiger partial charge is 0.474 e. The second-order valence-electron chi connectivity index (χ2n) is 6.91. The molecule has 2 aromatic carbocycles. The summed E-state index contributed by atoms with van der Waals surface area (Å²) in [6, 6.07) is 10.8. The summed E-state index contributed by atoms with van der Waals surface area (Å²) in [5, 5.41) is 12.4. The van der Waals surface area contributed by atoms with Gasteiger partial charge < -0.3 is 9.47 Å². The molecule has 0 saturated carbocycles. The van der Waals surface area contributed by atoms with Crippen LogP contribution in [0.25, 0.3) is 6.08 Å². The SMILES string of the molecule is CC(C)OC(=O)COc1c(Cl)cc(/C=C2/C(=O)NN(c3ccccc3)C2=O)cc1[N+](=O)[O-]. The number of hydrogen-bond donors (Lipinski definition) is 1. The Morgan fingerprint density at radius 1 is 1.25 bits per heavy atom. The second-order valence-corrected chi connectivity index (χ2v) is 7.32. The number of amides is 2. The number of anilines is 1. The Balaban J connectivity index is 1.89. The van der Waals surface area contributed by atoms with Crippen molar-refractivity contribution in [1.82, 2.24) is 5.43 Å². The minimum absolute atomic E-state index is 0.132. The van der Waals surface area contributed by atoms with Crippen LogP contribution >= 0.6 is 11.6 Å². The first kappa shape index (κ1) is 22.8. The van der Waals surface area contributed by atoms with Gasteiger partial charge in [0.2, 0.25) is 5.75 Å². The molecule has 2 amide bonds. The number of carbonyl (C=O) groups is 3. The van der Waals surface area contributed by atoms with Crippen LogP contribution in [0.15, 0.2) is 48.0 Å². The molecule has 1 fully saturated rings. The van der Waals surface area contributed by atoms with Gasteiger partial charge in [0.1, 0.15) is 5.57 Å². The maximum Gasteiger partial charge on any atom is 0.344 e. The quantitative estimate of drug-likeness (QED) is 0.221. The number of nitrogens with zero attached hydrogens (tertiary/aromatic N) is 2. The van der Waals surface area contributed by atoms with Crippen molar-refractivity contribution in [2.45, 2.75) is 20.0 Å². The van der Waals surface area contributed by atoms with Crippen LogP contribution in [0, 0.1) is 10.1 Å². The van der Waals surface area contributed by atoms with Crippen molar-refractivity contribution in [3.8, 4) is 5.75 Å². The Hall–Kier alpha value is -3.92. The molecule has 0 unspecified atom stereocenters. The molecule has 10 nitrogen and oxygen atoms in total. The van der Waals surface area contributed by atoms with Gasteiger partial charge in [-0.2, -0.15) is 0 Å². The van der Waals surface area contributed by atoms with Crippen molar-refractivity contribution in [3.63, 3.8) is 0 Å². The monoisotopic (exact) mass is 459 g/mol. The molecule has 1 saturated heterocycles. The molecule has 0 bridgehead atoms. The van der Waals surface area contributed by atoms with E-state index in [9.17, 15) is 24.5 Å². The van der Waals surface area contributed by atoms with Crippen LogP contribution in [0.2, 0.25) is 5.02 Å². The number of esters is 1. The van der Waals surface area contributed by atoms with Gasteiger partial charge in [0.05, 0.1) is 21.7 Å². The number of hydrazine groups is 1.